The van der Waals surface area contributed by atoms with Gasteiger partial charge < -0.3 is 11.1 Å². The van der Waals surface area contributed by atoms with Crippen LogP contribution >= 0.6 is 0 Å². The van der Waals surface area contributed by atoms with Crippen LogP contribution in [-0.4, -0.2) is 15.8 Å². The number of aromatic nitrogens is 1. The summed E-state index contributed by atoms with van der Waals surface area (Å²) in [5.41, 5.74) is 6.48. The Balaban J connectivity index is 2.34. The average Bonchev–Trinajstić information content (AvgIpc) is 2.38. The smallest absolute Gasteiger partial charge is 0.300 e. The summed E-state index contributed by atoms with van der Waals surface area (Å²) in [5.74, 6) is -0.554. The summed E-state index contributed by atoms with van der Waals surface area (Å²) in [6.07, 6.45) is 0.973. The minimum Gasteiger partial charge on any atom is -0.384 e. The quantitative estimate of drug-likeness (QED) is 0.656. The highest BCUT2D eigenvalue weighted by Gasteiger charge is 2.21. The molecule has 0 bridgehead atoms. The summed E-state index contributed by atoms with van der Waals surface area (Å²) in [6.45, 7) is 1.88. The van der Waals surface area contributed by atoms with Crippen molar-refractivity contribution in [1.82, 2.24) is 4.98 Å². The summed E-state index contributed by atoms with van der Waals surface area (Å²) in [4.78, 5) is 25.9. The highest BCUT2D eigenvalue weighted by atomic mass is 16.6. The molecule has 20 heavy (non-hydrogen) atoms. The van der Waals surface area contributed by atoms with Crippen molar-refractivity contribution in [3.63, 3.8) is 0 Å². The average molecular weight is 272 g/mol. The lowest BCUT2D eigenvalue weighted by molar-refractivity contribution is -0.385. The van der Waals surface area contributed by atoms with Crippen molar-refractivity contribution < 1.29 is 9.72 Å². The molecule has 0 spiro atoms. The second-order valence-corrected chi connectivity index (χ2v) is 4.21. The SMILES string of the molecule is Cc1cccc(NC(=O)c2cc(N)ncc2[N+](=O)[O-])c1. The van der Waals surface area contributed by atoms with Crippen molar-refractivity contribution in [1.29, 1.82) is 0 Å². The van der Waals surface area contributed by atoms with Gasteiger partial charge in [0.25, 0.3) is 11.6 Å². The van der Waals surface area contributed by atoms with Crippen LogP contribution in [0.2, 0.25) is 0 Å². The summed E-state index contributed by atoms with van der Waals surface area (Å²) < 4.78 is 0. The Morgan fingerprint density at radius 3 is 2.80 bits per heavy atom. The van der Waals surface area contributed by atoms with E-state index < -0.39 is 10.8 Å². The molecule has 1 aromatic carbocycles. The molecule has 1 amide bonds. The predicted octanol–water partition coefficient (Wildman–Crippen LogP) is 2.13. The fourth-order valence-electron chi connectivity index (χ4n) is 1.71. The maximum absolute atomic E-state index is 12.1. The number of carbonyl (C=O) groups is 1. The van der Waals surface area contributed by atoms with E-state index in [-0.39, 0.29) is 17.1 Å². The number of carbonyl (C=O) groups excluding carboxylic acids is 1. The Bertz CT molecular complexity index is 685. The van der Waals surface area contributed by atoms with Gasteiger partial charge in [0.05, 0.1) is 4.92 Å². The zero-order chi connectivity index (χ0) is 14.7. The molecule has 102 valence electrons. The highest BCUT2D eigenvalue weighted by molar-refractivity contribution is 6.07. The van der Waals surface area contributed by atoms with Crippen LogP contribution in [0.4, 0.5) is 17.2 Å². The zero-order valence-corrected chi connectivity index (χ0v) is 10.7. The zero-order valence-electron chi connectivity index (χ0n) is 10.7. The molecule has 7 heteroatoms. The molecule has 0 saturated heterocycles. The van der Waals surface area contributed by atoms with Crippen molar-refractivity contribution in [3.8, 4) is 0 Å². The predicted molar refractivity (Wildman–Crippen MR) is 74.4 cm³/mol. The van der Waals surface area contributed by atoms with Crippen molar-refractivity contribution in [3.05, 3.63) is 57.8 Å². The molecule has 0 atom stereocenters. The molecule has 0 fully saturated rings. The largest absolute Gasteiger partial charge is 0.384 e. The van der Waals surface area contributed by atoms with Gasteiger partial charge in [0.1, 0.15) is 17.6 Å². The van der Waals surface area contributed by atoms with E-state index in [2.05, 4.69) is 10.3 Å². The number of rotatable bonds is 3. The fourth-order valence-corrected chi connectivity index (χ4v) is 1.71. The number of hydrogen-bond acceptors (Lipinski definition) is 5. The van der Waals surface area contributed by atoms with Crippen LogP contribution in [-0.2, 0) is 0 Å². The van der Waals surface area contributed by atoms with Crippen LogP contribution in [0.3, 0.4) is 0 Å². The van der Waals surface area contributed by atoms with Crippen LogP contribution in [0.1, 0.15) is 15.9 Å². The Morgan fingerprint density at radius 2 is 2.15 bits per heavy atom. The molecule has 0 aliphatic carbocycles. The summed E-state index contributed by atoms with van der Waals surface area (Å²) in [6, 6.07) is 8.29. The molecule has 0 aliphatic rings. The highest BCUT2D eigenvalue weighted by Crippen LogP contribution is 2.20. The molecule has 0 unspecified atom stereocenters. The maximum atomic E-state index is 12.1. The van der Waals surface area contributed by atoms with Crippen LogP contribution in [0, 0.1) is 17.0 Å². The first-order valence-corrected chi connectivity index (χ1v) is 5.75. The monoisotopic (exact) mass is 272 g/mol. The topological polar surface area (TPSA) is 111 Å². The number of aryl methyl sites for hydroxylation is 1. The molecule has 2 aromatic rings. The molecule has 1 aromatic heterocycles. The van der Waals surface area contributed by atoms with E-state index in [9.17, 15) is 14.9 Å². The van der Waals surface area contributed by atoms with Gasteiger partial charge in [-0.1, -0.05) is 12.1 Å². The van der Waals surface area contributed by atoms with Crippen molar-refractivity contribution in [2.24, 2.45) is 0 Å². The summed E-state index contributed by atoms with van der Waals surface area (Å²) in [5, 5.41) is 13.5. The van der Waals surface area contributed by atoms with E-state index >= 15 is 0 Å². The fraction of sp³-hybridized carbons (Fsp3) is 0.0769. The molecule has 0 saturated carbocycles. The first kappa shape index (κ1) is 13.5. The van der Waals surface area contributed by atoms with E-state index in [1.807, 2.05) is 13.0 Å². The van der Waals surface area contributed by atoms with Crippen LogP contribution in [0.15, 0.2) is 36.5 Å². The number of nitrogens with one attached hydrogen (secondary N) is 1. The molecular weight excluding hydrogens is 260 g/mol. The number of hydrogen-bond donors (Lipinski definition) is 2. The molecule has 7 nitrogen and oxygen atoms in total. The van der Waals surface area contributed by atoms with Crippen LogP contribution < -0.4 is 11.1 Å². The number of nitrogen functional groups attached to an aromatic ring is 1. The minimum atomic E-state index is -0.669. The molecular formula is C13H12N4O3. The van der Waals surface area contributed by atoms with Gasteiger partial charge in [-0.15, -0.1) is 0 Å². The van der Waals surface area contributed by atoms with Gasteiger partial charge in [-0.2, -0.15) is 0 Å². The van der Waals surface area contributed by atoms with Gasteiger partial charge in [-0.3, -0.25) is 14.9 Å². The normalized spacial score (nSPS) is 10.1. The number of nitrogens with two attached hydrogens (primary N) is 1. The molecule has 2 rings (SSSR count). The first-order chi connectivity index (χ1) is 9.47. The number of anilines is 2. The van der Waals surface area contributed by atoms with Gasteiger partial charge >= 0.3 is 0 Å². The van der Waals surface area contributed by atoms with Crippen molar-refractivity contribution in [2.75, 3.05) is 11.1 Å². The third-order valence-corrected chi connectivity index (χ3v) is 2.62. The summed E-state index contributed by atoms with van der Waals surface area (Å²) in [7, 11) is 0. The van der Waals surface area contributed by atoms with Crippen LogP contribution in [0.25, 0.3) is 0 Å². The van der Waals surface area contributed by atoms with E-state index in [4.69, 9.17) is 5.73 Å². The maximum Gasteiger partial charge on any atom is 0.300 e. The van der Waals surface area contributed by atoms with Gasteiger partial charge in [-0.25, -0.2) is 4.98 Å². The van der Waals surface area contributed by atoms with Crippen molar-refractivity contribution >= 4 is 23.1 Å². The van der Waals surface area contributed by atoms with E-state index in [0.29, 0.717) is 5.69 Å². The van der Waals surface area contributed by atoms with E-state index in [1.54, 1.807) is 18.2 Å². The van der Waals surface area contributed by atoms with Crippen LogP contribution in [0.5, 0.6) is 0 Å². The summed E-state index contributed by atoms with van der Waals surface area (Å²) >= 11 is 0. The molecule has 0 aliphatic heterocycles. The Kier molecular flexibility index (Phi) is 3.60. The minimum absolute atomic E-state index is 0.0463. The number of pyridine rings is 1. The standard InChI is InChI=1S/C13H12N4O3/c1-8-3-2-4-9(5-8)16-13(18)10-6-12(14)15-7-11(10)17(19)20/h2-7H,1H3,(H2,14,15)(H,16,18). The second-order valence-electron chi connectivity index (χ2n) is 4.21. The number of nitro groups is 1. The van der Waals surface area contributed by atoms with Gasteiger partial charge in [0.2, 0.25) is 0 Å². The first-order valence-electron chi connectivity index (χ1n) is 5.75. The number of amides is 1. The lowest BCUT2D eigenvalue weighted by Gasteiger charge is -2.06. The van der Waals surface area contributed by atoms with Crippen molar-refractivity contribution in [2.45, 2.75) is 6.92 Å². The molecule has 0 radical (unpaired) electrons. The Labute approximate surface area is 114 Å². The number of benzene rings is 1. The Hall–Kier alpha value is -2.96. The number of nitrogens with zero attached hydrogens (tertiary/aromatic N) is 2. The molecule has 1 heterocycles. The van der Waals surface area contributed by atoms with Gasteiger partial charge in [-0.05, 0) is 30.7 Å². The second kappa shape index (κ2) is 5.35. The lowest BCUT2D eigenvalue weighted by Crippen LogP contribution is -2.15. The lowest BCUT2D eigenvalue weighted by atomic mass is 10.2. The Morgan fingerprint density at radius 1 is 1.40 bits per heavy atom. The third-order valence-electron chi connectivity index (χ3n) is 2.62. The third kappa shape index (κ3) is 2.89. The van der Waals surface area contributed by atoms with Gasteiger partial charge in [0, 0.05) is 5.69 Å². The molecule has 3 N–H and O–H groups in total. The van der Waals surface area contributed by atoms with Gasteiger partial charge in [0.15, 0.2) is 0 Å². The van der Waals surface area contributed by atoms with E-state index in [1.165, 1.54) is 6.07 Å². The van der Waals surface area contributed by atoms with E-state index in [0.717, 1.165) is 11.8 Å².